The highest BCUT2D eigenvalue weighted by Crippen LogP contribution is 2.30. The molecule has 2 N–H and O–H groups in total. The molecule has 0 saturated carbocycles. The molecule has 194 valence electrons. The first-order valence-corrected chi connectivity index (χ1v) is 14.1. The van der Waals surface area contributed by atoms with Crippen molar-refractivity contribution in [1.29, 1.82) is 0 Å². The van der Waals surface area contributed by atoms with Crippen molar-refractivity contribution in [2.24, 2.45) is 0 Å². The molecule has 0 radical (unpaired) electrons. The van der Waals surface area contributed by atoms with Crippen LogP contribution in [0.15, 0.2) is 77.7 Å². The third-order valence-electron chi connectivity index (χ3n) is 6.59. The highest BCUT2D eigenvalue weighted by molar-refractivity contribution is 7.89. The Kier molecular flexibility index (Phi) is 8.41. The topological polar surface area (TPSA) is 95.6 Å². The second-order valence-corrected chi connectivity index (χ2v) is 11.0. The van der Waals surface area contributed by atoms with Gasteiger partial charge in [-0.3, -0.25) is 9.59 Å². The average Bonchev–Trinajstić information content (AvgIpc) is 3.33. The summed E-state index contributed by atoms with van der Waals surface area (Å²) < 4.78 is 29.4. The molecule has 7 nitrogen and oxygen atoms in total. The Labute approximate surface area is 218 Å². The van der Waals surface area contributed by atoms with Crippen LogP contribution in [-0.2, 0) is 38.9 Å². The minimum Gasteiger partial charge on any atom is -0.354 e. The van der Waals surface area contributed by atoms with Gasteiger partial charge in [-0.2, -0.15) is 4.72 Å². The lowest BCUT2D eigenvalue weighted by Crippen LogP contribution is -2.48. The number of hydrogen-bond donors (Lipinski definition) is 2. The van der Waals surface area contributed by atoms with E-state index in [4.69, 9.17) is 0 Å². The molecule has 4 rings (SSSR count). The van der Waals surface area contributed by atoms with Crippen LogP contribution in [0.25, 0.3) is 0 Å². The summed E-state index contributed by atoms with van der Waals surface area (Å²) >= 11 is 0. The molecule has 1 aliphatic heterocycles. The van der Waals surface area contributed by atoms with Crippen LogP contribution in [0, 0.1) is 6.92 Å². The van der Waals surface area contributed by atoms with Crippen LogP contribution in [0.1, 0.15) is 35.6 Å². The number of aryl methyl sites for hydroxylation is 1. The SMILES string of the molecule is CCC(=O)N1CCc2cc(S(=O)(=O)N[C@@H](Cc3ccccc3)C(=O)NCCc3ccc(C)cc3)ccc21. The van der Waals surface area contributed by atoms with Crippen molar-refractivity contribution in [3.8, 4) is 0 Å². The van der Waals surface area contributed by atoms with Gasteiger partial charge in [0.15, 0.2) is 0 Å². The smallest absolute Gasteiger partial charge is 0.241 e. The highest BCUT2D eigenvalue weighted by atomic mass is 32.2. The van der Waals surface area contributed by atoms with Crippen molar-refractivity contribution >= 4 is 27.5 Å². The largest absolute Gasteiger partial charge is 0.354 e. The molecule has 1 heterocycles. The van der Waals surface area contributed by atoms with Gasteiger partial charge in [-0.15, -0.1) is 0 Å². The Morgan fingerprint density at radius 2 is 1.70 bits per heavy atom. The number of anilines is 1. The van der Waals surface area contributed by atoms with Crippen LogP contribution in [0.3, 0.4) is 0 Å². The maximum absolute atomic E-state index is 13.4. The zero-order chi connectivity index (χ0) is 26.4. The Bertz CT molecular complexity index is 1360. The van der Waals surface area contributed by atoms with Gasteiger partial charge in [0.1, 0.15) is 6.04 Å². The van der Waals surface area contributed by atoms with Gasteiger partial charge in [-0.05, 0) is 61.1 Å². The molecule has 8 heteroatoms. The van der Waals surface area contributed by atoms with Gasteiger partial charge < -0.3 is 10.2 Å². The summed E-state index contributed by atoms with van der Waals surface area (Å²) in [6.45, 7) is 4.77. The maximum Gasteiger partial charge on any atom is 0.241 e. The van der Waals surface area contributed by atoms with Gasteiger partial charge in [0.2, 0.25) is 21.8 Å². The van der Waals surface area contributed by atoms with Crippen molar-refractivity contribution < 1.29 is 18.0 Å². The van der Waals surface area contributed by atoms with E-state index in [2.05, 4.69) is 10.0 Å². The Morgan fingerprint density at radius 1 is 0.973 bits per heavy atom. The monoisotopic (exact) mass is 519 g/mol. The molecule has 0 aliphatic carbocycles. The minimum atomic E-state index is -3.99. The summed E-state index contributed by atoms with van der Waals surface area (Å²) in [6, 6.07) is 21.2. The molecule has 0 aromatic heterocycles. The van der Waals surface area contributed by atoms with Crippen LogP contribution in [-0.4, -0.2) is 39.4 Å². The van der Waals surface area contributed by atoms with Gasteiger partial charge in [-0.1, -0.05) is 67.1 Å². The van der Waals surface area contributed by atoms with Crippen molar-refractivity contribution in [1.82, 2.24) is 10.0 Å². The molecular formula is C29H33N3O4S. The number of nitrogens with one attached hydrogen (secondary N) is 2. The Hall–Kier alpha value is -3.49. The van der Waals surface area contributed by atoms with E-state index in [0.29, 0.717) is 32.4 Å². The fraction of sp³-hybridized carbons (Fsp3) is 0.310. The van der Waals surface area contributed by atoms with E-state index in [0.717, 1.165) is 22.4 Å². The van der Waals surface area contributed by atoms with Crippen molar-refractivity contribution in [3.63, 3.8) is 0 Å². The maximum atomic E-state index is 13.4. The van der Waals surface area contributed by atoms with E-state index in [1.165, 1.54) is 11.6 Å². The van der Waals surface area contributed by atoms with Gasteiger partial charge >= 0.3 is 0 Å². The number of nitrogens with zero attached hydrogens (tertiary/aromatic N) is 1. The number of sulfonamides is 1. The molecular weight excluding hydrogens is 486 g/mol. The molecule has 1 aliphatic rings. The highest BCUT2D eigenvalue weighted by Gasteiger charge is 2.29. The van der Waals surface area contributed by atoms with E-state index in [-0.39, 0.29) is 23.1 Å². The number of carbonyl (C=O) groups excluding carboxylic acids is 2. The van der Waals surface area contributed by atoms with E-state index in [1.807, 2.05) is 68.4 Å². The molecule has 2 amide bonds. The quantitative estimate of drug-likeness (QED) is 0.428. The summed E-state index contributed by atoms with van der Waals surface area (Å²) in [6.07, 6.45) is 1.85. The number of fused-ring (bicyclic) bond motifs is 1. The molecule has 0 bridgehead atoms. The second kappa shape index (κ2) is 11.7. The third-order valence-corrected chi connectivity index (χ3v) is 8.06. The van der Waals surface area contributed by atoms with Gasteiger partial charge in [0, 0.05) is 25.2 Å². The van der Waals surface area contributed by atoms with Crippen LogP contribution < -0.4 is 14.9 Å². The predicted molar refractivity (Wildman–Crippen MR) is 145 cm³/mol. The first-order chi connectivity index (χ1) is 17.8. The molecule has 0 fully saturated rings. The molecule has 37 heavy (non-hydrogen) atoms. The molecule has 1 atom stereocenters. The molecule has 0 saturated heterocycles. The summed E-state index contributed by atoms with van der Waals surface area (Å²) in [4.78, 5) is 27.1. The summed E-state index contributed by atoms with van der Waals surface area (Å²) in [7, 11) is -3.99. The van der Waals surface area contributed by atoms with Crippen LogP contribution in [0.5, 0.6) is 0 Å². The van der Waals surface area contributed by atoms with Gasteiger partial charge in [0.25, 0.3) is 0 Å². The minimum absolute atomic E-state index is 0.0118. The molecule has 0 unspecified atom stereocenters. The fourth-order valence-electron chi connectivity index (χ4n) is 4.50. The van der Waals surface area contributed by atoms with Gasteiger partial charge in [0.05, 0.1) is 4.90 Å². The third kappa shape index (κ3) is 6.64. The van der Waals surface area contributed by atoms with Crippen LogP contribution >= 0.6 is 0 Å². The lowest BCUT2D eigenvalue weighted by atomic mass is 10.1. The lowest BCUT2D eigenvalue weighted by Gasteiger charge is -2.20. The number of hydrogen-bond acceptors (Lipinski definition) is 4. The zero-order valence-corrected chi connectivity index (χ0v) is 22.1. The second-order valence-electron chi connectivity index (χ2n) is 9.33. The van der Waals surface area contributed by atoms with Crippen LogP contribution in [0.4, 0.5) is 5.69 Å². The molecule has 0 spiro atoms. The van der Waals surface area contributed by atoms with E-state index < -0.39 is 16.1 Å². The summed E-state index contributed by atoms with van der Waals surface area (Å²) in [5.74, 6) is -0.363. The standard InChI is InChI=1S/C29H33N3O4S/c1-3-28(33)32-18-16-24-20-25(13-14-27(24)32)37(35,36)31-26(19-23-7-5-4-6-8-23)29(34)30-17-15-22-11-9-21(2)10-12-22/h4-14,20,26,31H,3,15-19H2,1-2H3,(H,30,34)/t26-/m0/s1. The number of amides is 2. The molecule has 3 aromatic rings. The normalized spacial score (nSPS) is 13.7. The molecule has 3 aromatic carbocycles. The van der Waals surface area contributed by atoms with E-state index in [1.54, 1.807) is 17.0 Å². The summed E-state index contributed by atoms with van der Waals surface area (Å²) in [5, 5.41) is 2.90. The van der Waals surface area contributed by atoms with Crippen molar-refractivity contribution in [2.75, 3.05) is 18.0 Å². The fourth-order valence-corrected chi connectivity index (χ4v) is 5.74. The number of benzene rings is 3. The first-order valence-electron chi connectivity index (χ1n) is 12.6. The van der Waals surface area contributed by atoms with Gasteiger partial charge in [-0.25, -0.2) is 8.42 Å². The summed E-state index contributed by atoms with van der Waals surface area (Å²) in [5.41, 5.74) is 4.68. The van der Waals surface area contributed by atoms with E-state index in [9.17, 15) is 18.0 Å². The van der Waals surface area contributed by atoms with Crippen molar-refractivity contribution in [2.45, 2.75) is 50.5 Å². The van der Waals surface area contributed by atoms with Crippen LogP contribution in [0.2, 0.25) is 0 Å². The average molecular weight is 520 g/mol. The number of rotatable bonds is 10. The predicted octanol–water partition coefficient (Wildman–Crippen LogP) is 3.54. The van der Waals surface area contributed by atoms with E-state index >= 15 is 0 Å². The zero-order valence-electron chi connectivity index (χ0n) is 21.2. The Morgan fingerprint density at radius 3 is 2.41 bits per heavy atom. The Balaban J connectivity index is 1.49. The lowest BCUT2D eigenvalue weighted by molar-refractivity contribution is -0.122. The number of carbonyl (C=O) groups is 2. The first kappa shape index (κ1) is 26.6. The van der Waals surface area contributed by atoms with Crippen molar-refractivity contribution in [3.05, 3.63) is 95.1 Å².